The third-order valence-electron chi connectivity index (χ3n) is 3.69. The Kier molecular flexibility index (Phi) is 7.43. The lowest BCUT2D eigenvalue weighted by Crippen LogP contribution is -2.46. The molecule has 0 heterocycles. The zero-order valence-corrected chi connectivity index (χ0v) is 16.3. The standard InChI is InChI=1S/C20H22N2O4S/c1-13-9-10-17(14(2)11-13)27-12-18(23)26-15(3)19(24)21-22-20(25)16-7-5-4-6-8-16/h4-11,15H,12H2,1-3H3,(H,21,24)(H,22,25)/t15-/m0/s1. The molecule has 0 radical (unpaired) electrons. The minimum absolute atomic E-state index is 0.0951. The second kappa shape index (κ2) is 9.78. The second-order valence-electron chi connectivity index (χ2n) is 6.00. The highest BCUT2D eigenvalue weighted by molar-refractivity contribution is 8.00. The summed E-state index contributed by atoms with van der Waals surface area (Å²) in [6.07, 6.45) is -1.02. The summed E-state index contributed by atoms with van der Waals surface area (Å²) in [6.45, 7) is 5.43. The molecule has 0 aliphatic carbocycles. The fraction of sp³-hybridized carbons (Fsp3) is 0.250. The molecular formula is C20H22N2O4S. The molecule has 0 aromatic heterocycles. The third-order valence-corrected chi connectivity index (χ3v) is 4.84. The number of hydrazine groups is 1. The van der Waals surface area contributed by atoms with Gasteiger partial charge in [-0.3, -0.25) is 25.2 Å². The van der Waals surface area contributed by atoms with Crippen molar-refractivity contribution in [1.29, 1.82) is 0 Å². The Labute approximate surface area is 162 Å². The highest BCUT2D eigenvalue weighted by atomic mass is 32.2. The van der Waals surface area contributed by atoms with Crippen molar-refractivity contribution in [3.63, 3.8) is 0 Å². The van der Waals surface area contributed by atoms with E-state index in [9.17, 15) is 14.4 Å². The highest BCUT2D eigenvalue weighted by Crippen LogP contribution is 2.23. The predicted molar refractivity (Wildman–Crippen MR) is 104 cm³/mol. The van der Waals surface area contributed by atoms with Gasteiger partial charge < -0.3 is 4.74 Å². The largest absolute Gasteiger partial charge is 0.452 e. The molecule has 2 rings (SSSR count). The van der Waals surface area contributed by atoms with E-state index in [1.807, 2.05) is 32.0 Å². The van der Waals surface area contributed by atoms with Gasteiger partial charge >= 0.3 is 5.97 Å². The van der Waals surface area contributed by atoms with E-state index < -0.39 is 23.9 Å². The summed E-state index contributed by atoms with van der Waals surface area (Å²) in [6, 6.07) is 14.4. The number of hydrogen-bond donors (Lipinski definition) is 2. The zero-order valence-electron chi connectivity index (χ0n) is 15.4. The van der Waals surface area contributed by atoms with Crippen LogP contribution in [0.5, 0.6) is 0 Å². The van der Waals surface area contributed by atoms with E-state index in [1.54, 1.807) is 30.3 Å². The van der Waals surface area contributed by atoms with Crippen molar-refractivity contribution in [3.8, 4) is 0 Å². The van der Waals surface area contributed by atoms with Crippen LogP contribution < -0.4 is 10.9 Å². The number of esters is 1. The SMILES string of the molecule is Cc1ccc(SCC(=O)O[C@@H](C)C(=O)NNC(=O)c2ccccc2)c(C)c1. The van der Waals surface area contributed by atoms with Crippen molar-refractivity contribution in [2.24, 2.45) is 0 Å². The smallest absolute Gasteiger partial charge is 0.317 e. The van der Waals surface area contributed by atoms with Crippen molar-refractivity contribution < 1.29 is 19.1 Å². The van der Waals surface area contributed by atoms with E-state index >= 15 is 0 Å². The minimum Gasteiger partial charge on any atom is -0.452 e. The quantitative estimate of drug-likeness (QED) is 0.453. The molecule has 142 valence electrons. The van der Waals surface area contributed by atoms with E-state index in [0.29, 0.717) is 5.56 Å². The van der Waals surface area contributed by atoms with Gasteiger partial charge in [-0.25, -0.2) is 0 Å². The normalized spacial score (nSPS) is 11.4. The monoisotopic (exact) mass is 386 g/mol. The molecule has 0 bridgehead atoms. The van der Waals surface area contributed by atoms with Crippen LogP contribution in [0.3, 0.4) is 0 Å². The summed E-state index contributed by atoms with van der Waals surface area (Å²) in [5.74, 6) is -1.47. The molecule has 2 N–H and O–H groups in total. The number of carbonyl (C=O) groups is 3. The first-order valence-electron chi connectivity index (χ1n) is 8.41. The molecule has 0 saturated heterocycles. The Morgan fingerprint density at radius 2 is 1.74 bits per heavy atom. The summed E-state index contributed by atoms with van der Waals surface area (Å²) in [4.78, 5) is 36.8. The molecule has 0 aliphatic rings. The lowest BCUT2D eigenvalue weighted by molar-refractivity contribution is -0.152. The van der Waals surface area contributed by atoms with E-state index in [-0.39, 0.29) is 5.75 Å². The molecule has 0 unspecified atom stereocenters. The molecule has 7 heteroatoms. The summed E-state index contributed by atoms with van der Waals surface area (Å²) in [7, 11) is 0. The summed E-state index contributed by atoms with van der Waals surface area (Å²) in [5.41, 5.74) is 7.19. The molecule has 0 aliphatic heterocycles. The van der Waals surface area contributed by atoms with Crippen molar-refractivity contribution in [2.75, 3.05) is 5.75 Å². The molecule has 2 aromatic rings. The molecule has 6 nitrogen and oxygen atoms in total. The molecule has 0 spiro atoms. The Bertz CT molecular complexity index is 824. The molecule has 0 fully saturated rings. The number of benzene rings is 2. The van der Waals surface area contributed by atoms with Gasteiger partial charge in [0.2, 0.25) is 0 Å². The van der Waals surface area contributed by atoms with Crippen LogP contribution in [0.25, 0.3) is 0 Å². The number of hydrogen-bond acceptors (Lipinski definition) is 5. The van der Waals surface area contributed by atoms with Crippen LogP contribution in [-0.4, -0.2) is 29.6 Å². The van der Waals surface area contributed by atoms with Crippen LogP contribution in [0.4, 0.5) is 0 Å². The van der Waals surface area contributed by atoms with Crippen molar-refractivity contribution in [3.05, 3.63) is 65.2 Å². The van der Waals surface area contributed by atoms with Crippen LogP contribution in [0.15, 0.2) is 53.4 Å². The van der Waals surface area contributed by atoms with Gasteiger partial charge in [-0.1, -0.05) is 35.9 Å². The minimum atomic E-state index is -1.02. The highest BCUT2D eigenvalue weighted by Gasteiger charge is 2.19. The van der Waals surface area contributed by atoms with Gasteiger partial charge in [-0.15, -0.1) is 11.8 Å². The maximum absolute atomic E-state index is 12.0. The molecule has 27 heavy (non-hydrogen) atoms. The maximum atomic E-state index is 12.0. The fourth-order valence-electron chi connectivity index (χ4n) is 2.26. The van der Waals surface area contributed by atoms with Gasteiger partial charge in [0.05, 0.1) is 5.75 Å². The molecular weight excluding hydrogens is 364 g/mol. The van der Waals surface area contributed by atoms with Gasteiger partial charge in [-0.05, 0) is 44.5 Å². The number of ether oxygens (including phenoxy) is 1. The van der Waals surface area contributed by atoms with Crippen molar-refractivity contribution >= 4 is 29.5 Å². The Morgan fingerprint density at radius 3 is 2.41 bits per heavy atom. The van der Waals surface area contributed by atoms with Gasteiger partial charge in [0, 0.05) is 10.5 Å². The molecule has 2 aromatic carbocycles. The number of rotatable bonds is 6. The van der Waals surface area contributed by atoms with E-state index in [1.165, 1.54) is 18.7 Å². The molecule has 1 atom stereocenters. The Balaban J connectivity index is 1.76. The summed E-state index contributed by atoms with van der Waals surface area (Å²) in [5, 5.41) is 0. The average Bonchev–Trinajstić information content (AvgIpc) is 2.65. The Hall–Kier alpha value is -2.80. The van der Waals surface area contributed by atoms with Crippen LogP contribution in [0, 0.1) is 13.8 Å². The average molecular weight is 386 g/mol. The van der Waals surface area contributed by atoms with Gasteiger partial charge in [-0.2, -0.15) is 0 Å². The lowest BCUT2D eigenvalue weighted by atomic mass is 10.2. The number of nitrogens with one attached hydrogen (secondary N) is 2. The molecule has 2 amide bonds. The third kappa shape index (κ3) is 6.45. The summed E-state index contributed by atoms with van der Waals surface area (Å²) < 4.78 is 5.11. The number of amides is 2. The zero-order chi connectivity index (χ0) is 19.8. The van der Waals surface area contributed by atoms with Gasteiger partial charge in [0.25, 0.3) is 11.8 Å². The van der Waals surface area contributed by atoms with E-state index in [0.717, 1.165) is 16.0 Å². The van der Waals surface area contributed by atoms with Crippen LogP contribution in [0.1, 0.15) is 28.4 Å². The van der Waals surface area contributed by atoms with Crippen molar-refractivity contribution in [2.45, 2.75) is 31.8 Å². The van der Waals surface area contributed by atoms with Crippen molar-refractivity contribution in [1.82, 2.24) is 10.9 Å². The topological polar surface area (TPSA) is 84.5 Å². The molecule has 0 saturated carbocycles. The lowest BCUT2D eigenvalue weighted by Gasteiger charge is -2.14. The van der Waals surface area contributed by atoms with Crippen LogP contribution in [-0.2, 0) is 14.3 Å². The number of thioether (sulfide) groups is 1. The van der Waals surface area contributed by atoms with E-state index in [4.69, 9.17) is 4.74 Å². The second-order valence-corrected chi connectivity index (χ2v) is 7.02. The maximum Gasteiger partial charge on any atom is 0.317 e. The summed E-state index contributed by atoms with van der Waals surface area (Å²) >= 11 is 1.36. The number of aryl methyl sites for hydroxylation is 2. The first-order valence-corrected chi connectivity index (χ1v) is 9.40. The van der Waals surface area contributed by atoms with Crippen LogP contribution >= 0.6 is 11.8 Å². The first-order chi connectivity index (χ1) is 12.9. The first kappa shape index (κ1) is 20.5. The van der Waals surface area contributed by atoms with Gasteiger partial charge in [0.15, 0.2) is 6.10 Å². The Morgan fingerprint density at radius 1 is 1.04 bits per heavy atom. The number of carbonyl (C=O) groups excluding carboxylic acids is 3. The van der Waals surface area contributed by atoms with E-state index in [2.05, 4.69) is 10.9 Å². The fourth-order valence-corrected chi connectivity index (χ4v) is 3.06. The van der Waals surface area contributed by atoms with Crippen LogP contribution in [0.2, 0.25) is 0 Å². The van der Waals surface area contributed by atoms with Gasteiger partial charge in [0.1, 0.15) is 0 Å². The predicted octanol–water partition coefficient (Wildman–Crippen LogP) is 2.79.